The summed E-state index contributed by atoms with van der Waals surface area (Å²) in [4.78, 5) is 11.4. The highest BCUT2D eigenvalue weighted by Crippen LogP contribution is 2.28. The summed E-state index contributed by atoms with van der Waals surface area (Å²) >= 11 is 0. The van der Waals surface area contributed by atoms with Crippen LogP contribution in [0.3, 0.4) is 0 Å². The summed E-state index contributed by atoms with van der Waals surface area (Å²) in [5.74, 6) is 0.523. The fourth-order valence-corrected chi connectivity index (χ4v) is 1.77. The van der Waals surface area contributed by atoms with Gasteiger partial charge in [0.2, 0.25) is 5.91 Å². The minimum atomic E-state index is 0.260. The lowest BCUT2D eigenvalue weighted by molar-refractivity contribution is -0.127. The lowest BCUT2D eigenvalue weighted by Gasteiger charge is -2.28. The van der Waals surface area contributed by atoms with Crippen LogP contribution in [0, 0.1) is 11.3 Å². The van der Waals surface area contributed by atoms with Crippen LogP contribution in [0.5, 0.6) is 0 Å². The maximum absolute atomic E-state index is 11.4. The highest BCUT2D eigenvalue weighted by atomic mass is 16.1. The van der Waals surface area contributed by atoms with Crippen molar-refractivity contribution in [2.45, 2.75) is 40.0 Å². The van der Waals surface area contributed by atoms with E-state index >= 15 is 0 Å². The molecule has 2 heteroatoms. The topological polar surface area (TPSA) is 29.1 Å². The van der Waals surface area contributed by atoms with Crippen molar-refractivity contribution in [2.75, 3.05) is 6.54 Å². The van der Waals surface area contributed by atoms with Crippen LogP contribution in [0.25, 0.3) is 0 Å². The van der Waals surface area contributed by atoms with Gasteiger partial charge in [0.15, 0.2) is 0 Å². The third-order valence-corrected chi connectivity index (χ3v) is 2.26. The fraction of sp³-hybridized carbons (Fsp3) is 0.900. The molecule has 0 aromatic heterocycles. The maximum atomic E-state index is 11.4. The number of hydrogen-bond donors (Lipinski definition) is 1. The van der Waals surface area contributed by atoms with E-state index in [1.807, 2.05) is 0 Å². The summed E-state index contributed by atoms with van der Waals surface area (Å²) in [6, 6.07) is 0. The minimum absolute atomic E-state index is 0.260. The molecule has 0 aliphatic carbocycles. The summed E-state index contributed by atoms with van der Waals surface area (Å²) in [6.07, 6.45) is 3.23. The molecule has 0 aromatic carbocycles. The fourth-order valence-electron chi connectivity index (χ4n) is 1.77. The monoisotopic (exact) mass is 169 g/mol. The van der Waals surface area contributed by atoms with Gasteiger partial charge in [-0.25, -0.2) is 0 Å². The quantitative estimate of drug-likeness (QED) is 0.638. The lowest BCUT2D eigenvalue weighted by Crippen LogP contribution is -2.38. The van der Waals surface area contributed by atoms with Crippen molar-refractivity contribution in [2.24, 2.45) is 11.3 Å². The molecule has 0 unspecified atom stereocenters. The summed E-state index contributed by atoms with van der Waals surface area (Å²) in [7, 11) is 0. The zero-order valence-corrected chi connectivity index (χ0v) is 8.31. The van der Waals surface area contributed by atoms with Gasteiger partial charge in [-0.2, -0.15) is 0 Å². The zero-order valence-electron chi connectivity index (χ0n) is 8.31. The maximum Gasteiger partial charge on any atom is 0.223 e. The first-order chi connectivity index (χ1) is 5.49. The van der Waals surface area contributed by atoms with Crippen molar-refractivity contribution in [1.82, 2.24) is 5.32 Å². The van der Waals surface area contributed by atoms with E-state index in [0.29, 0.717) is 0 Å². The Morgan fingerprint density at radius 3 is 2.67 bits per heavy atom. The number of rotatable bonds is 1. The molecule has 0 aromatic rings. The van der Waals surface area contributed by atoms with Crippen molar-refractivity contribution in [3.8, 4) is 0 Å². The third kappa shape index (κ3) is 2.84. The Hall–Kier alpha value is -0.530. The number of nitrogens with one attached hydrogen (secondary N) is 1. The van der Waals surface area contributed by atoms with Gasteiger partial charge in [-0.3, -0.25) is 4.79 Å². The van der Waals surface area contributed by atoms with Gasteiger partial charge in [0.1, 0.15) is 0 Å². The number of hydrogen-bond acceptors (Lipinski definition) is 1. The molecule has 0 saturated carbocycles. The van der Waals surface area contributed by atoms with Crippen molar-refractivity contribution < 1.29 is 4.79 Å². The Morgan fingerprint density at radius 2 is 2.17 bits per heavy atom. The average molecular weight is 169 g/mol. The van der Waals surface area contributed by atoms with Gasteiger partial charge < -0.3 is 5.32 Å². The molecule has 1 atom stereocenters. The van der Waals surface area contributed by atoms with Gasteiger partial charge in [-0.05, 0) is 24.7 Å². The van der Waals surface area contributed by atoms with Gasteiger partial charge in [-0.1, -0.05) is 20.8 Å². The number of carbonyl (C=O) groups excluding carboxylic acids is 1. The first-order valence-electron chi connectivity index (χ1n) is 4.77. The van der Waals surface area contributed by atoms with E-state index in [0.717, 1.165) is 25.8 Å². The predicted molar refractivity (Wildman–Crippen MR) is 49.8 cm³/mol. The highest BCUT2D eigenvalue weighted by Gasteiger charge is 2.26. The second-order valence-electron chi connectivity index (χ2n) is 4.89. The van der Waals surface area contributed by atoms with Crippen LogP contribution >= 0.6 is 0 Å². The van der Waals surface area contributed by atoms with E-state index in [1.54, 1.807) is 0 Å². The molecule has 1 amide bonds. The Morgan fingerprint density at radius 1 is 1.50 bits per heavy atom. The van der Waals surface area contributed by atoms with Crippen LogP contribution in [-0.4, -0.2) is 12.5 Å². The molecule has 1 rings (SSSR count). The van der Waals surface area contributed by atoms with E-state index < -0.39 is 0 Å². The highest BCUT2D eigenvalue weighted by molar-refractivity contribution is 5.79. The number of piperidine rings is 1. The molecule has 70 valence electrons. The number of carbonyl (C=O) groups is 1. The zero-order chi connectivity index (χ0) is 9.19. The molecule has 1 heterocycles. The predicted octanol–water partition coefficient (Wildman–Crippen LogP) is 1.95. The van der Waals surface area contributed by atoms with Crippen molar-refractivity contribution in [3.05, 3.63) is 0 Å². The first-order valence-corrected chi connectivity index (χ1v) is 4.77. The van der Waals surface area contributed by atoms with Crippen molar-refractivity contribution >= 4 is 5.91 Å². The van der Waals surface area contributed by atoms with Gasteiger partial charge >= 0.3 is 0 Å². The van der Waals surface area contributed by atoms with Gasteiger partial charge in [0, 0.05) is 12.5 Å². The molecule has 0 bridgehead atoms. The molecule has 2 nitrogen and oxygen atoms in total. The van der Waals surface area contributed by atoms with E-state index in [2.05, 4.69) is 26.1 Å². The van der Waals surface area contributed by atoms with Gasteiger partial charge in [0.05, 0.1) is 0 Å². The Labute approximate surface area is 74.7 Å². The summed E-state index contributed by atoms with van der Waals surface area (Å²) in [5, 5.41) is 2.92. The number of amides is 1. The largest absolute Gasteiger partial charge is 0.356 e. The van der Waals surface area contributed by atoms with E-state index in [4.69, 9.17) is 0 Å². The molecule has 0 radical (unpaired) electrons. The van der Waals surface area contributed by atoms with Crippen LogP contribution in [0.1, 0.15) is 40.0 Å². The first kappa shape index (κ1) is 9.56. The smallest absolute Gasteiger partial charge is 0.223 e. The van der Waals surface area contributed by atoms with Gasteiger partial charge in [0.25, 0.3) is 0 Å². The second-order valence-corrected chi connectivity index (χ2v) is 4.89. The SMILES string of the molecule is CC(C)(C)C[C@@H]1CCCNC1=O. The normalized spacial score (nSPS) is 25.2. The van der Waals surface area contributed by atoms with Crippen LogP contribution in [0.15, 0.2) is 0 Å². The van der Waals surface area contributed by atoms with E-state index in [-0.39, 0.29) is 17.2 Å². The van der Waals surface area contributed by atoms with Crippen LogP contribution in [0.4, 0.5) is 0 Å². The molecule has 1 aliphatic heterocycles. The molecule has 1 fully saturated rings. The molecular weight excluding hydrogens is 150 g/mol. The van der Waals surface area contributed by atoms with Crippen molar-refractivity contribution in [1.29, 1.82) is 0 Å². The van der Waals surface area contributed by atoms with Crippen LogP contribution in [0.2, 0.25) is 0 Å². The summed E-state index contributed by atoms with van der Waals surface area (Å²) < 4.78 is 0. The van der Waals surface area contributed by atoms with Crippen molar-refractivity contribution in [3.63, 3.8) is 0 Å². The molecule has 0 spiro atoms. The summed E-state index contributed by atoms with van der Waals surface area (Å²) in [5.41, 5.74) is 0.277. The Balaban J connectivity index is 2.45. The molecule has 1 saturated heterocycles. The average Bonchev–Trinajstić information content (AvgIpc) is 1.91. The lowest BCUT2D eigenvalue weighted by atomic mass is 9.81. The molecule has 1 aliphatic rings. The third-order valence-electron chi connectivity index (χ3n) is 2.26. The van der Waals surface area contributed by atoms with E-state index in [9.17, 15) is 4.79 Å². The minimum Gasteiger partial charge on any atom is -0.356 e. The van der Waals surface area contributed by atoms with Crippen LogP contribution in [-0.2, 0) is 4.79 Å². The molecule has 12 heavy (non-hydrogen) atoms. The van der Waals surface area contributed by atoms with Crippen LogP contribution < -0.4 is 5.32 Å². The Bertz CT molecular complexity index is 169. The van der Waals surface area contributed by atoms with Gasteiger partial charge in [-0.15, -0.1) is 0 Å². The summed E-state index contributed by atoms with van der Waals surface area (Å²) in [6.45, 7) is 7.44. The standard InChI is InChI=1S/C10H19NO/c1-10(2,3)7-8-5-4-6-11-9(8)12/h8H,4-7H2,1-3H3,(H,11,12)/t8-/m0/s1. The Kier molecular flexibility index (Phi) is 2.76. The van der Waals surface area contributed by atoms with E-state index in [1.165, 1.54) is 0 Å². The molecule has 1 N–H and O–H groups in total. The molecular formula is C10H19NO. The second kappa shape index (κ2) is 3.46.